The Kier molecular flexibility index (Phi) is 3.62. The molecule has 0 amide bonds. The number of nitrogens with one attached hydrogen (secondary N) is 1. The lowest BCUT2D eigenvalue weighted by Gasteiger charge is -2.08. The standard InChI is InChI=1S/C16H15N5O2S2/c1-11-15(9-17-20(11)2)25(22,23)19-13-5-3-12(4-6-13)14-10-21-7-8-24-16(21)18-14/h3-10,19H,1-2H3. The lowest BCUT2D eigenvalue weighted by Crippen LogP contribution is -2.13. The van der Waals surface area contributed by atoms with Crippen molar-refractivity contribution >= 4 is 32.0 Å². The van der Waals surface area contributed by atoms with Crippen LogP contribution in [-0.2, 0) is 17.1 Å². The molecule has 4 rings (SSSR count). The van der Waals surface area contributed by atoms with Crippen LogP contribution in [0, 0.1) is 6.92 Å². The Bertz CT molecular complexity index is 1120. The van der Waals surface area contributed by atoms with Crippen molar-refractivity contribution in [1.82, 2.24) is 19.2 Å². The summed E-state index contributed by atoms with van der Waals surface area (Å²) in [7, 11) is -1.96. The molecule has 0 saturated heterocycles. The first-order valence-corrected chi connectivity index (χ1v) is 9.84. The highest BCUT2D eigenvalue weighted by Gasteiger charge is 2.20. The summed E-state index contributed by atoms with van der Waals surface area (Å²) in [6, 6.07) is 7.15. The van der Waals surface area contributed by atoms with Gasteiger partial charge in [0.25, 0.3) is 10.0 Å². The highest BCUT2D eigenvalue weighted by Crippen LogP contribution is 2.24. The molecule has 1 N–H and O–H groups in total. The highest BCUT2D eigenvalue weighted by atomic mass is 32.2. The Labute approximate surface area is 148 Å². The Hall–Kier alpha value is -2.65. The van der Waals surface area contributed by atoms with Gasteiger partial charge in [-0.2, -0.15) is 5.10 Å². The molecule has 0 radical (unpaired) electrons. The molecule has 0 aliphatic rings. The van der Waals surface area contributed by atoms with E-state index in [9.17, 15) is 8.42 Å². The lowest BCUT2D eigenvalue weighted by atomic mass is 10.1. The molecule has 3 heterocycles. The summed E-state index contributed by atoms with van der Waals surface area (Å²) in [5, 5.41) is 5.96. The first-order valence-electron chi connectivity index (χ1n) is 7.48. The van der Waals surface area contributed by atoms with Gasteiger partial charge in [-0.15, -0.1) is 11.3 Å². The van der Waals surface area contributed by atoms with Crippen molar-refractivity contribution in [3.63, 3.8) is 0 Å². The average molecular weight is 373 g/mol. The average Bonchev–Trinajstić information content (AvgIpc) is 3.24. The summed E-state index contributed by atoms with van der Waals surface area (Å²) in [5.41, 5.74) is 2.86. The van der Waals surface area contributed by atoms with E-state index in [-0.39, 0.29) is 4.90 Å². The highest BCUT2D eigenvalue weighted by molar-refractivity contribution is 7.92. The number of imidazole rings is 1. The van der Waals surface area contributed by atoms with Gasteiger partial charge in [-0.25, -0.2) is 13.4 Å². The molecule has 0 aliphatic carbocycles. The molecule has 25 heavy (non-hydrogen) atoms. The molecule has 0 unspecified atom stereocenters. The molecule has 0 saturated carbocycles. The number of hydrogen-bond donors (Lipinski definition) is 1. The van der Waals surface area contributed by atoms with Crippen LogP contribution in [0.3, 0.4) is 0 Å². The van der Waals surface area contributed by atoms with Crippen molar-refractivity contribution in [2.24, 2.45) is 7.05 Å². The quantitative estimate of drug-likeness (QED) is 0.596. The van der Waals surface area contributed by atoms with E-state index in [0.717, 1.165) is 16.2 Å². The van der Waals surface area contributed by atoms with E-state index in [0.29, 0.717) is 11.4 Å². The van der Waals surface area contributed by atoms with Crippen LogP contribution in [0.4, 0.5) is 5.69 Å². The molecule has 4 aromatic rings. The maximum absolute atomic E-state index is 12.5. The third kappa shape index (κ3) is 2.81. The predicted octanol–water partition coefficient (Wildman–Crippen LogP) is 2.91. The normalized spacial score (nSPS) is 11.9. The fourth-order valence-corrected chi connectivity index (χ4v) is 4.49. The summed E-state index contributed by atoms with van der Waals surface area (Å²) < 4.78 is 31.1. The van der Waals surface area contributed by atoms with Crippen molar-refractivity contribution in [3.8, 4) is 11.3 Å². The van der Waals surface area contributed by atoms with Gasteiger partial charge in [0.2, 0.25) is 0 Å². The van der Waals surface area contributed by atoms with Crippen molar-refractivity contribution < 1.29 is 8.42 Å². The van der Waals surface area contributed by atoms with E-state index in [2.05, 4.69) is 14.8 Å². The summed E-state index contributed by atoms with van der Waals surface area (Å²) in [5.74, 6) is 0. The molecule has 0 aliphatic heterocycles. The molecule has 128 valence electrons. The van der Waals surface area contributed by atoms with Gasteiger partial charge in [0.05, 0.1) is 17.6 Å². The maximum Gasteiger partial charge on any atom is 0.265 e. The summed E-state index contributed by atoms with van der Waals surface area (Å²) in [6.07, 6.45) is 5.25. The fourth-order valence-electron chi connectivity index (χ4n) is 2.53. The van der Waals surface area contributed by atoms with Gasteiger partial charge < -0.3 is 0 Å². The first kappa shape index (κ1) is 15.9. The van der Waals surface area contributed by atoms with Crippen LogP contribution in [0.1, 0.15) is 5.69 Å². The zero-order valence-corrected chi connectivity index (χ0v) is 15.2. The van der Waals surface area contributed by atoms with Gasteiger partial charge in [-0.05, 0) is 19.1 Å². The smallest absolute Gasteiger partial charge is 0.265 e. The second-order valence-corrected chi connectivity index (χ2v) is 8.14. The van der Waals surface area contributed by atoms with Gasteiger partial charge in [0, 0.05) is 36.1 Å². The Morgan fingerprint density at radius 3 is 2.60 bits per heavy atom. The van der Waals surface area contributed by atoms with Crippen molar-refractivity contribution in [1.29, 1.82) is 0 Å². The number of thiazole rings is 1. The van der Waals surface area contributed by atoms with Crippen LogP contribution in [0.5, 0.6) is 0 Å². The second-order valence-electron chi connectivity index (χ2n) is 5.62. The minimum Gasteiger partial charge on any atom is -0.297 e. The zero-order chi connectivity index (χ0) is 17.6. The zero-order valence-electron chi connectivity index (χ0n) is 13.5. The number of hydrogen-bond acceptors (Lipinski definition) is 5. The van der Waals surface area contributed by atoms with Gasteiger partial charge >= 0.3 is 0 Å². The number of rotatable bonds is 4. The number of sulfonamides is 1. The molecule has 7 nitrogen and oxygen atoms in total. The van der Waals surface area contributed by atoms with Crippen molar-refractivity contribution in [2.75, 3.05) is 4.72 Å². The minimum absolute atomic E-state index is 0.174. The minimum atomic E-state index is -3.66. The summed E-state index contributed by atoms with van der Waals surface area (Å²) >= 11 is 1.57. The SMILES string of the molecule is Cc1c(S(=O)(=O)Nc2ccc(-c3cn4ccsc4n3)cc2)cnn1C. The molecule has 0 atom stereocenters. The van der Waals surface area contributed by atoms with Crippen LogP contribution < -0.4 is 4.72 Å². The number of fused-ring (bicyclic) bond motifs is 1. The predicted molar refractivity (Wildman–Crippen MR) is 97.3 cm³/mol. The molecular weight excluding hydrogens is 358 g/mol. The maximum atomic E-state index is 12.5. The van der Waals surface area contributed by atoms with Crippen LogP contribution in [-0.4, -0.2) is 27.6 Å². The molecule has 0 bridgehead atoms. The molecule has 9 heteroatoms. The number of benzene rings is 1. The van der Waals surface area contributed by atoms with E-state index in [1.165, 1.54) is 10.9 Å². The van der Waals surface area contributed by atoms with Crippen LogP contribution in [0.25, 0.3) is 16.2 Å². The third-order valence-corrected chi connectivity index (χ3v) is 6.26. The first-order chi connectivity index (χ1) is 11.9. The summed E-state index contributed by atoms with van der Waals surface area (Å²) in [4.78, 5) is 5.64. The van der Waals surface area contributed by atoms with E-state index in [1.54, 1.807) is 37.4 Å². The Morgan fingerprint density at radius 1 is 1.20 bits per heavy atom. The van der Waals surface area contributed by atoms with Gasteiger partial charge in [-0.1, -0.05) is 12.1 Å². The Balaban J connectivity index is 1.60. The summed E-state index contributed by atoms with van der Waals surface area (Å²) in [6.45, 7) is 1.72. The van der Waals surface area contributed by atoms with Crippen LogP contribution in [0.15, 0.2) is 53.1 Å². The van der Waals surface area contributed by atoms with Crippen LogP contribution in [0.2, 0.25) is 0 Å². The van der Waals surface area contributed by atoms with Gasteiger partial charge in [0.15, 0.2) is 4.96 Å². The fraction of sp³-hybridized carbons (Fsp3) is 0.125. The topological polar surface area (TPSA) is 81.3 Å². The second kappa shape index (κ2) is 5.71. The van der Waals surface area contributed by atoms with Gasteiger partial charge in [-0.3, -0.25) is 13.8 Å². The monoisotopic (exact) mass is 373 g/mol. The number of aryl methyl sites for hydroxylation is 1. The van der Waals surface area contributed by atoms with Crippen molar-refractivity contribution in [3.05, 3.63) is 53.9 Å². The number of aromatic nitrogens is 4. The largest absolute Gasteiger partial charge is 0.297 e. The molecule has 1 aromatic carbocycles. The molecule has 3 aromatic heterocycles. The molecule has 0 spiro atoms. The lowest BCUT2D eigenvalue weighted by molar-refractivity contribution is 0.600. The molecule has 0 fully saturated rings. The van der Waals surface area contributed by atoms with Crippen molar-refractivity contribution in [2.45, 2.75) is 11.8 Å². The Morgan fingerprint density at radius 2 is 1.96 bits per heavy atom. The van der Waals surface area contributed by atoms with E-state index in [1.807, 2.05) is 34.3 Å². The van der Waals surface area contributed by atoms with E-state index < -0.39 is 10.0 Å². The third-order valence-electron chi connectivity index (χ3n) is 4.01. The van der Waals surface area contributed by atoms with Crippen LogP contribution >= 0.6 is 11.3 Å². The van der Waals surface area contributed by atoms with E-state index >= 15 is 0 Å². The molecular formula is C16H15N5O2S2. The number of anilines is 1. The van der Waals surface area contributed by atoms with Gasteiger partial charge in [0.1, 0.15) is 4.90 Å². The number of nitrogens with zero attached hydrogens (tertiary/aromatic N) is 4. The van der Waals surface area contributed by atoms with E-state index in [4.69, 9.17) is 0 Å².